The second-order valence-corrected chi connectivity index (χ2v) is 6.16. The summed E-state index contributed by atoms with van der Waals surface area (Å²) in [6, 6.07) is 11.5. The molecule has 19 heavy (non-hydrogen) atoms. The number of nitrogens with zero attached hydrogens (tertiary/aromatic N) is 1. The number of piperazine rings is 1. The molecule has 2 nitrogen and oxygen atoms in total. The third-order valence-electron chi connectivity index (χ3n) is 4.76. The average molecular weight is 256 g/mol. The molecule has 1 aliphatic heterocycles. The molecule has 2 aliphatic rings. The molecule has 1 heterocycles. The third-order valence-corrected chi connectivity index (χ3v) is 4.76. The van der Waals surface area contributed by atoms with E-state index >= 15 is 0 Å². The fraction of sp³-hybridized carbons (Fsp3) is 0.529. The predicted molar refractivity (Wildman–Crippen MR) is 80.1 cm³/mol. The van der Waals surface area contributed by atoms with E-state index in [0.717, 1.165) is 25.6 Å². The van der Waals surface area contributed by atoms with Crippen LogP contribution in [0.15, 0.2) is 43.0 Å². The van der Waals surface area contributed by atoms with Crippen molar-refractivity contribution in [1.82, 2.24) is 10.2 Å². The topological polar surface area (TPSA) is 15.3 Å². The van der Waals surface area contributed by atoms with Crippen molar-refractivity contribution in [2.45, 2.75) is 31.3 Å². The Morgan fingerprint density at radius 2 is 2.11 bits per heavy atom. The van der Waals surface area contributed by atoms with Crippen LogP contribution in [0.5, 0.6) is 0 Å². The van der Waals surface area contributed by atoms with Crippen LogP contribution in [-0.4, -0.2) is 30.6 Å². The van der Waals surface area contributed by atoms with Crippen LogP contribution in [0.3, 0.4) is 0 Å². The number of nitrogens with one attached hydrogen (secondary N) is 1. The Hall–Kier alpha value is -1.12. The molecule has 0 bridgehead atoms. The van der Waals surface area contributed by atoms with Crippen molar-refractivity contribution in [3.05, 3.63) is 48.6 Å². The van der Waals surface area contributed by atoms with Crippen molar-refractivity contribution >= 4 is 0 Å². The standard InChI is InChI=1S/C17H24N2/c1-3-11-19-12-16(14-9-10-14)18-13-17(19,2)15-7-5-4-6-8-15/h3-8,14,16,18H,1,9-13H2,2H3. The van der Waals surface area contributed by atoms with Gasteiger partial charge in [-0.2, -0.15) is 0 Å². The quantitative estimate of drug-likeness (QED) is 0.833. The lowest BCUT2D eigenvalue weighted by atomic mass is 9.86. The molecule has 102 valence electrons. The molecule has 1 aromatic rings. The monoisotopic (exact) mass is 256 g/mol. The van der Waals surface area contributed by atoms with E-state index in [1.807, 2.05) is 6.08 Å². The van der Waals surface area contributed by atoms with E-state index in [1.165, 1.54) is 18.4 Å². The molecule has 0 amide bonds. The van der Waals surface area contributed by atoms with Crippen LogP contribution < -0.4 is 5.32 Å². The Morgan fingerprint density at radius 3 is 2.74 bits per heavy atom. The van der Waals surface area contributed by atoms with Crippen LogP contribution in [0, 0.1) is 5.92 Å². The van der Waals surface area contributed by atoms with Crippen molar-refractivity contribution in [2.75, 3.05) is 19.6 Å². The molecule has 2 unspecified atom stereocenters. The van der Waals surface area contributed by atoms with E-state index in [9.17, 15) is 0 Å². The Kier molecular flexibility index (Phi) is 3.46. The van der Waals surface area contributed by atoms with Crippen LogP contribution in [0.25, 0.3) is 0 Å². The van der Waals surface area contributed by atoms with E-state index in [1.54, 1.807) is 0 Å². The van der Waals surface area contributed by atoms with Gasteiger partial charge in [0.25, 0.3) is 0 Å². The minimum atomic E-state index is 0.0842. The lowest BCUT2D eigenvalue weighted by Crippen LogP contribution is -2.62. The lowest BCUT2D eigenvalue weighted by molar-refractivity contribution is 0.0562. The Morgan fingerprint density at radius 1 is 1.37 bits per heavy atom. The SMILES string of the molecule is C=CCN1CC(C2CC2)NCC1(C)c1ccccc1. The van der Waals surface area contributed by atoms with Gasteiger partial charge in [0, 0.05) is 25.7 Å². The molecule has 1 saturated carbocycles. The minimum Gasteiger partial charge on any atom is -0.310 e. The van der Waals surface area contributed by atoms with Gasteiger partial charge in [0.05, 0.1) is 5.54 Å². The first-order valence-electron chi connectivity index (χ1n) is 7.39. The fourth-order valence-electron chi connectivity index (χ4n) is 3.27. The molecule has 1 aromatic carbocycles. The van der Waals surface area contributed by atoms with Crippen LogP contribution in [0.1, 0.15) is 25.3 Å². The molecule has 3 rings (SSSR count). The van der Waals surface area contributed by atoms with Gasteiger partial charge >= 0.3 is 0 Å². The Bertz CT molecular complexity index is 438. The van der Waals surface area contributed by atoms with Gasteiger partial charge in [0.1, 0.15) is 0 Å². The molecule has 1 saturated heterocycles. The van der Waals surface area contributed by atoms with Crippen molar-refractivity contribution in [1.29, 1.82) is 0 Å². The first-order valence-corrected chi connectivity index (χ1v) is 7.39. The number of benzene rings is 1. The molecule has 1 aliphatic carbocycles. The van der Waals surface area contributed by atoms with Gasteiger partial charge in [-0.15, -0.1) is 6.58 Å². The minimum absolute atomic E-state index is 0.0842. The summed E-state index contributed by atoms with van der Waals surface area (Å²) in [5.41, 5.74) is 1.49. The number of rotatable bonds is 4. The predicted octanol–water partition coefficient (Wildman–Crippen LogP) is 2.77. The number of hydrogen-bond acceptors (Lipinski definition) is 2. The smallest absolute Gasteiger partial charge is 0.0561 e. The Labute approximate surface area is 116 Å². The van der Waals surface area contributed by atoms with Crippen molar-refractivity contribution in [3.8, 4) is 0 Å². The van der Waals surface area contributed by atoms with Crippen molar-refractivity contribution in [2.24, 2.45) is 5.92 Å². The summed E-state index contributed by atoms with van der Waals surface area (Å²) in [5.74, 6) is 0.910. The zero-order valence-corrected chi connectivity index (χ0v) is 11.8. The first kappa shape index (κ1) is 12.9. The number of hydrogen-bond donors (Lipinski definition) is 1. The molecule has 2 fully saturated rings. The maximum Gasteiger partial charge on any atom is 0.0561 e. The van der Waals surface area contributed by atoms with Gasteiger partial charge in [0.15, 0.2) is 0 Å². The average Bonchev–Trinajstić information content (AvgIpc) is 3.27. The van der Waals surface area contributed by atoms with Gasteiger partial charge < -0.3 is 5.32 Å². The summed E-state index contributed by atoms with van der Waals surface area (Å²) >= 11 is 0. The highest BCUT2D eigenvalue weighted by Crippen LogP contribution is 2.38. The van der Waals surface area contributed by atoms with E-state index in [-0.39, 0.29) is 5.54 Å². The summed E-state index contributed by atoms with van der Waals surface area (Å²) in [4.78, 5) is 2.59. The van der Waals surface area contributed by atoms with Crippen molar-refractivity contribution in [3.63, 3.8) is 0 Å². The van der Waals surface area contributed by atoms with Gasteiger partial charge in [-0.3, -0.25) is 4.90 Å². The zero-order valence-electron chi connectivity index (χ0n) is 11.8. The lowest BCUT2D eigenvalue weighted by Gasteiger charge is -2.48. The van der Waals surface area contributed by atoms with E-state index in [2.05, 4.69) is 54.1 Å². The van der Waals surface area contributed by atoms with Crippen LogP contribution in [0.4, 0.5) is 0 Å². The normalized spacial score (nSPS) is 32.2. The van der Waals surface area contributed by atoms with Gasteiger partial charge in [0.2, 0.25) is 0 Å². The molecule has 0 radical (unpaired) electrons. The molecular formula is C17H24N2. The third kappa shape index (κ3) is 2.47. The van der Waals surface area contributed by atoms with E-state index in [0.29, 0.717) is 6.04 Å². The second kappa shape index (κ2) is 5.10. The highest BCUT2D eigenvalue weighted by atomic mass is 15.3. The van der Waals surface area contributed by atoms with Gasteiger partial charge in [-0.1, -0.05) is 36.4 Å². The largest absolute Gasteiger partial charge is 0.310 e. The van der Waals surface area contributed by atoms with E-state index < -0.39 is 0 Å². The molecular weight excluding hydrogens is 232 g/mol. The van der Waals surface area contributed by atoms with E-state index in [4.69, 9.17) is 0 Å². The zero-order chi connectivity index (χ0) is 13.3. The van der Waals surface area contributed by atoms with Crippen molar-refractivity contribution < 1.29 is 0 Å². The highest BCUT2D eigenvalue weighted by molar-refractivity contribution is 5.26. The highest BCUT2D eigenvalue weighted by Gasteiger charge is 2.42. The summed E-state index contributed by atoms with van der Waals surface area (Å²) < 4.78 is 0. The molecule has 0 aromatic heterocycles. The molecule has 0 spiro atoms. The summed E-state index contributed by atoms with van der Waals surface area (Å²) in [7, 11) is 0. The van der Waals surface area contributed by atoms with Gasteiger partial charge in [-0.05, 0) is 31.2 Å². The Balaban J connectivity index is 1.84. The fourth-order valence-corrected chi connectivity index (χ4v) is 3.27. The van der Waals surface area contributed by atoms with Crippen LogP contribution >= 0.6 is 0 Å². The maximum absolute atomic E-state index is 3.94. The van der Waals surface area contributed by atoms with Gasteiger partial charge in [-0.25, -0.2) is 0 Å². The maximum atomic E-state index is 3.94. The first-order chi connectivity index (χ1) is 9.24. The summed E-state index contributed by atoms with van der Waals surface area (Å²) in [6.07, 6.45) is 4.85. The van der Waals surface area contributed by atoms with Crippen LogP contribution in [0.2, 0.25) is 0 Å². The summed E-state index contributed by atoms with van der Waals surface area (Å²) in [6.45, 7) is 9.43. The molecule has 2 atom stereocenters. The summed E-state index contributed by atoms with van der Waals surface area (Å²) in [5, 5.41) is 3.78. The molecule has 2 heteroatoms. The van der Waals surface area contributed by atoms with Crippen LogP contribution in [-0.2, 0) is 5.54 Å². The second-order valence-electron chi connectivity index (χ2n) is 6.16. The molecule has 1 N–H and O–H groups in total.